The van der Waals surface area contributed by atoms with E-state index in [1.54, 1.807) is 68.0 Å². The first-order valence-corrected chi connectivity index (χ1v) is 36.4. The molecule has 0 spiro atoms. The molecule has 0 aromatic carbocycles. The van der Waals surface area contributed by atoms with Crippen LogP contribution >= 0.6 is 90.7 Å². The number of carboxylic acids is 2. The van der Waals surface area contributed by atoms with Crippen LogP contribution in [0.5, 0.6) is 11.5 Å². The first-order chi connectivity index (χ1) is 43.7. The van der Waals surface area contributed by atoms with Crippen LogP contribution in [0.2, 0.25) is 0 Å². The summed E-state index contributed by atoms with van der Waals surface area (Å²) in [5.74, 6) is 0.347. The quantitative estimate of drug-likeness (QED) is 0.0215. The van der Waals surface area contributed by atoms with Gasteiger partial charge in [-0.05, 0) is 171 Å². The number of hydrogen-bond acceptors (Lipinski definition) is 21. The Bertz CT molecular complexity index is 3450. The second kappa shape index (κ2) is 43.0. The lowest BCUT2D eigenvalue weighted by atomic mass is 10.1. The van der Waals surface area contributed by atoms with E-state index in [1.165, 1.54) is 116 Å². The third kappa shape index (κ3) is 28.8. The standard InChI is InChI=1S/C18H24O2S2.C16H18O4S2.C13H14O2S2.C11H16O4S.C10H14O3S/c1-4-5-6-7-8-14-9-12(2)21-18(14)16-10-15(11-17(19)20)13(3)22-16;1-10-12(3-4-16(18)19)7-14(21-10)15-8-13(11(2)22-15)5-6-20-9-17;1-9-3-4-12(16-9)13-7-11(10(2)17-13)5-6-15-8-14;1-9-7-11(10(2)16-9)15-6-5-13-3-4-14-8-12;1-8-6-10(9(2)14-8)13-5-3-4-12-7-11/h9-10H,4-8,11H2,1-3H3,(H,19,20);7-9H,3-6H2,1-2H3,(H,18,19);3-4,7-8H,5-6H2,1-2H3;7-8H,3-6H2,1-2H3;6-7H,3-5H2,1-2H3. The summed E-state index contributed by atoms with van der Waals surface area (Å²) in [6.07, 6.45) is 9.33. The van der Waals surface area contributed by atoms with Crippen molar-refractivity contribution in [2.24, 2.45) is 0 Å². The third-order valence-corrected chi connectivity index (χ3v) is 22.4. The first-order valence-electron chi connectivity index (χ1n) is 29.9. The van der Waals surface area contributed by atoms with Crippen molar-refractivity contribution in [3.63, 3.8) is 0 Å². The summed E-state index contributed by atoms with van der Waals surface area (Å²) < 4.78 is 34.8. The number of carbonyl (C=O) groups is 6. The Hall–Kier alpha value is -6.02. The van der Waals surface area contributed by atoms with Crippen molar-refractivity contribution in [3.8, 4) is 40.8 Å². The van der Waals surface area contributed by atoms with Crippen LogP contribution in [0.15, 0.2) is 54.6 Å². The molecular weight excluding hydrogens is 1310 g/mol. The molecule has 15 nitrogen and oxygen atoms in total. The molecule has 0 saturated carbocycles. The topological polar surface area (TPSA) is 207 Å². The number of carboxylic acid groups (broad SMARTS) is 2. The van der Waals surface area contributed by atoms with Gasteiger partial charge in [-0.15, -0.1) is 90.7 Å². The molecule has 8 heterocycles. The number of hydrogen-bond donors (Lipinski definition) is 2. The lowest BCUT2D eigenvalue weighted by Crippen LogP contribution is -2.10. The van der Waals surface area contributed by atoms with E-state index >= 15 is 0 Å². The maximum Gasteiger partial charge on any atom is 0.307 e. The molecule has 0 aliphatic heterocycles. The highest BCUT2D eigenvalue weighted by molar-refractivity contribution is 7.23. The molecule has 0 saturated heterocycles. The number of rotatable bonds is 35. The van der Waals surface area contributed by atoms with E-state index in [0.717, 1.165) is 53.2 Å². The molecule has 0 unspecified atom stereocenters. The van der Waals surface area contributed by atoms with E-state index in [4.69, 9.17) is 33.9 Å². The van der Waals surface area contributed by atoms with E-state index in [-0.39, 0.29) is 12.8 Å². The van der Waals surface area contributed by atoms with Crippen molar-refractivity contribution in [1.82, 2.24) is 0 Å². The minimum Gasteiger partial charge on any atom is -0.492 e. The van der Waals surface area contributed by atoms with Gasteiger partial charge in [-0.1, -0.05) is 26.2 Å². The molecule has 0 radical (unpaired) electrons. The van der Waals surface area contributed by atoms with Crippen molar-refractivity contribution < 1.29 is 72.1 Å². The van der Waals surface area contributed by atoms with E-state index < -0.39 is 11.9 Å². The van der Waals surface area contributed by atoms with Gasteiger partial charge in [0.1, 0.15) is 24.7 Å². The van der Waals surface area contributed by atoms with Crippen LogP contribution in [0, 0.1) is 69.2 Å². The maximum absolute atomic E-state index is 10.9. The Kier molecular flexibility index (Phi) is 36.6. The Morgan fingerprint density at radius 1 is 0.385 bits per heavy atom. The normalized spacial score (nSPS) is 10.5. The highest BCUT2D eigenvalue weighted by Crippen LogP contribution is 2.41. The summed E-state index contributed by atoms with van der Waals surface area (Å²) in [7, 11) is 0. The molecule has 0 aliphatic carbocycles. The van der Waals surface area contributed by atoms with E-state index in [2.05, 4.69) is 100 Å². The fraction of sp³-hybridized carbons (Fsp3) is 0.441. The monoisotopic (exact) mass is 1400 g/mol. The largest absolute Gasteiger partial charge is 0.492 e. The lowest BCUT2D eigenvalue weighted by molar-refractivity contribution is -0.137. The molecule has 0 atom stereocenters. The van der Waals surface area contributed by atoms with Crippen molar-refractivity contribution in [2.75, 3.05) is 52.9 Å². The summed E-state index contributed by atoms with van der Waals surface area (Å²) in [6, 6.07) is 19.2. The molecule has 23 heteroatoms. The summed E-state index contributed by atoms with van der Waals surface area (Å²) in [5.41, 5.74) is 5.97. The average Bonchev–Trinajstić information content (AvgIpc) is 1.80. The molecule has 8 rings (SSSR count). The third-order valence-electron chi connectivity index (χ3n) is 13.5. The first kappa shape index (κ1) is 77.4. The summed E-state index contributed by atoms with van der Waals surface area (Å²) in [5, 5.41) is 17.8. The second-order valence-electron chi connectivity index (χ2n) is 20.8. The number of unbranched alkanes of at least 4 members (excludes halogenated alkanes) is 3. The molecule has 2 N–H and O–H groups in total. The van der Waals surface area contributed by atoms with Gasteiger partial charge >= 0.3 is 11.9 Å². The number of carbonyl (C=O) groups excluding carboxylic acids is 4. The second-order valence-corrected chi connectivity index (χ2v) is 31.2. The zero-order valence-electron chi connectivity index (χ0n) is 53.9. The molecule has 0 amide bonds. The van der Waals surface area contributed by atoms with Crippen molar-refractivity contribution >= 4 is 129 Å². The van der Waals surface area contributed by atoms with Crippen LogP contribution in [-0.2, 0) is 84.6 Å². The summed E-state index contributed by atoms with van der Waals surface area (Å²) in [4.78, 5) is 81.5. The van der Waals surface area contributed by atoms with Crippen molar-refractivity contribution in [3.05, 3.63) is 131 Å². The molecule has 496 valence electrons. The van der Waals surface area contributed by atoms with E-state index in [0.29, 0.717) is 85.2 Å². The van der Waals surface area contributed by atoms with Gasteiger partial charge in [0.2, 0.25) is 0 Å². The van der Waals surface area contributed by atoms with Crippen molar-refractivity contribution in [1.29, 1.82) is 0 Å². The maximum atomic E-state index is 10.9. The van der Waals surface area contributed by atoms with Crippen LogP contribution in [0.25, 0.3) is 29.3 Å². The molecule has 0 aliphatic rings. The van der Waals surface area contributed by atoms with Gasteiger partial charge in [-0.25, -0.2) is 0 Å². The summed E-state index contributed by atoms with van der Waals surface area (Å²) >= 11 is 14.0. The lowest BCUT2D eigenvalue weighted by Gasteiger charge is -2.06. The highest BCUT2D eigenvalue weighted by atomic mass is 32.1. The molecule has 91 heavy (non-hydrogen) atoms. The van der Waals surface area contributed by atoms with Crippen molar-refractivity contribution in [2.45, 2.75) is 147 Å². The molecule has 0 bridgehead atoms. The van der Waals surface area contributed by atoms with Crippen LogP contribution in [-0.4, -0.2) is 101 Å². The van der Waals surface area contributed by atoms with Gasteiger partial charge in [0.25, 0.3) is 25.9 Å². The fourth-order valence-electron chi connectivity index (χ4n) is 8.93. The zero-order chi connectivity index (χ0) is 66.7. The van der Waals surface area contributed by atoms with Crippen LogP contribution in [0.3, 0.4) is 0 Å². The predicted octanol–water partition coefficient (Wildman–Crippen LogP) is 17.7. The SMILES string of the molecule is CCCCCCc1cc(C)sc1-c1cc(CC(=O)O)c(C)s1.Cc1cc(OCCCOC=O)c(C)s1.Cc1cc(OCCOCCOC=O)c(C)s1.Cc1ccc(-c2cc(CCOC=O)c(C)s2)s1.Cc1sc(-c2cc(CCC(=O)O)c(C)s2)cc1CCOC=O. The van der Waals surface area contributed by atoms with Gasteiger partial charge in [0.05, 0.1) is 46.1 Å². The number of aliphatic carboxylic acids is 2. The van der Waals surface area contributed by atoms with Crippen LogP contribution < -0.4 is 9.47 Å². The number of aryl methyl sites for hydroxylation is 12. The predicted molar refractivity (Wildman–Crippen MR) is 376 cm³/mol. The Morgan fingerprint density at radius 2 is 0.857 bits per heavy atom. The van der Waals surface area contributed by atoms with E-state index in [1.807, 2.05) is 62.5 Å². The van der Waals surface area contributed by atoms with Crippen LogP contribution in [0.4, 0.5) is 0 Å². The zero-order valence-corrected chi connectivity index (χ0v) is 60.4. The summed E-state index contributed by atoms with van der Waals surface area (Å²) in [6.45, 7) is 28.3. The molecule has 8 aromatic rings. The van der Waals surface area contributed by atoms with Gasteiger partial charge in [0.15, 0.2) is 0 Å². The minimum atomic E-state index is -0.767. The average molecular weight is 1400 g/mol. The minimum absolute atomic E-state index is 0.124. The molecular formula is C68H86O15S8. The molecule has 8 aromatic heterocycles. The Labute approximate surface area is 567 Å². The van der Waals surface area contributed by atoms with Gasteiger partial charge in [-0.2, -0.15) is 0 Å². The molecule has 0 fully saturated rings. The Balaban J connectivity index is 0.000000245. The van der Waals surface area contributed by atoms with Crippen LogP contribution in [0.1, 0.15) is 122 Å². The van der Waals surface area contributed by atoms with Gasteiger partial charge < -0.3 is 43.4 Å². The number of ether oxygens (including phenoxy) is 7. The Morgan fingerprint density at radius 3 is 1.35 bits per heavy atom. The van der Waals surface area contributed by atoms with E-state index in [9.17, 15) is 28.8 Å². The smallest absolute Gasteiger partial charge is 0.307 e. The highest BCUT2D eigenvalue weighted by Gasteiger charge is 2.17. The van der Waals surface area contributed by atoms with Gasteiger partial charge in [0, 0.05) is 104 Å². The fourth-order valence-corrected chi connectivity index (χ4v) is 17.1. The number of thiophene rings is 8. The van der Waals surface area contributed by atoms with Gasteiger partial charge in [-0.3, -0.25) is 28.8 Å².